The molecule has 0 unspecified atom stereocenters. The molecule has 1 aromatic rings. The maximum Gasteiger partial charge on any atom is 0.168 e. The second kappa shape index (κ2) is 2.01. The highest BCUT2D eigenvalue weighted by atomic mass is 19.2. The van der Waals surface area contributed by atoms with Gasteiger partial charge in [-0.15, -0.1) is 0 Å². The molecule has 0 aliphatic carbocycles. The van der Waals surface area contributed by atoms with E-state index in [-0.39, 0.29) is 5.69 Å². The van der Waals surface area contributed by atoms with Crippen LogP contribution in [-0.4, -0.2) is 0 Å². The summed E-state index contributed by atoms with van der Waals surface area (Å²) >= 11 is 0. The fourth-order valence-corrected chi connectivity index (χ4v) is 0.464. The Hall–Kier alpha value is -1.12. The first-order chi connectivity index (χ1) is 4.20. The van der Waals surface area contributed by atoms with Crippen LogP contribution in [0.2, 0.25) is 0 Å². The zero-order chi connectivity index (χ0) is 6.85. The third-order valence-corrected chi connectivity index (χ3v) is 0.873. The van der Waals surface area contributed by atoms with Gasteiger partial charge in [-0.25, -0.2) is 8.78 Å². The zero-order valence-electron chi connectivity index (χ0n) is 4.49. The van der Waals surface area contributed by atoms with Crippen LogP contribution >= 0.6 is 0 Å². The molecule has 0 saturated carbocycles. The van der Waals surface area contributed by atoms with E-state index < -0.39 is 11.6 Å². The van der Waals surface area contributed by atoms with Crippen molar-refractivity contribution >= 4 is 5.69 Å². The van der Waals surface area contributed by atoms with Crippen LogP contribution in [0.4, 0.5) is 14.5 Å². The fourth-order valence-electron chi connectivity index (χ4n) is 0.464. The SMILES string of the molecule is Nc1[c]c(F)c(F)cc1. The lowest BCUT2D eigenvalue weighted by Gasteiger charge is -1.91. The largest absolute Gasteiger partial charge is 0.398 e. The Labute approximate surface area is 51.1 Å². The minimum Gasteiger partial charge on any atom is -0.398 e. The molecule has 1 nitrogen and oxygen atoms in total. The summed E-state index contributed by atoms with van der Waals surface area (Å²) in [6.07, 6.45) is 0. The second-order valence-corrected chi connectivity index (χ2v) is 1.58. The van der Waals surface area contributed by atoms with Crippen molar-refractivity contribution in [2.75, 3.05) is 5.73 Å². The van der Waals surface area contributed by atoms with Crippen molar-refractivity contribution < 1.29 is 8.78 Å². The van der Waals surface area contributed by atoms with Crippen LogP contribution in [0, 0.1) is 17.7 Å². The van der Waals surface area contributed by atoms with E-state index in [4.69, 9.17) is 5.73 Å². The molecule has 0 heterocycles. The van der Waals surface area contributed by atoms with Crippen LogP contribution in [0.25, 0.3) is 0 Å². The quantitative estimate of drug-likeness (QED) is 0.524. The van der Waals surface area contributed by atoms with Gasteiger partial charge >= 0.3 is 0 Å². The topological polar surface area (TPSA) is 26.0 Å². The number of anilines is 1. The predicted octanol–water partition coefficient (Wildman–Crippen LogP) is 1.35. The smallest absolute Gasteiger partial charge is 0.168 e. The van der Waals surface area contributed by atoms with Gasteiger partial charge in [0.05, 0.1) is 0 Å². The standard InChI is InChI=1S/C6H4F2N/c7-5-2-1-4(9)3-6(5)8/h1-2H,9H2. The van der Waals surface area contributed by atoms with E-state index in [0.717, 1.165) is 6.07 Å². The van der Waals surface area contributed by atoms with Crippen LogP contribution in [0.3, 0.4) is 0 Å². The highest BCUT2D eigenvalue weighted by Crippen LogP contribution is 2.07. The van der Waals surface area contributed by atoms with Gasteiger partial charge in [-0.1, -0.05) is 0 Å². The summed E-state index contributed by atoms with van der Waals surface area (Å²) in [5.41, 5.74) is 5.17. The highest BCUT2D eigenvalue weighted by Gasteiger charge is 1.98. The number of hydrogen-bond acceptors (Lipinski definition) is 1. The molecule has 3 heteroatoms. The number of rotatable bonds is 0. The molecule has 1 aromatic carbocycles. The number of hydrogen-bond donors (Lipinski definition) is 1. The van der Waals surface area contributed by atoms with E-state index in [1.165, 1.54) is 6.07 Å². The molecular weight excluding hydrogens is 124 g/mol. The Balaban J connectivity index is 3.17. The molecule has 1 radical (unpaired) electrons. The van der Waals surface area contributed by atoms with Gasteiger partial charge in [0.2, 0.25) is 0 Å². The van der Waals surface area contributed by atoms with Crippen LogP contribution in [0.5, 0.6) is 0 Å². The summed E-state index contributed by atoms with van der Waals surface area (Å²) in [4.78, 5) is 0. The Kier molecular flexibility index (Phi) is 1.34. The number of halogens is 2. The van der Waals surface area contributed by atoms with Crippen molar-refractivity contribution in [3.05, 3.63) is 29.8 Å². The van der Waals surface area contributed by atoms with Gasteiger partial charge in [0, 0.05) is 11.8 Å². The van der Waals surface area contributed by atoms with Crippen LogP contribution < -0.4 is 5.73 Å². The van der Waals surface area contributed by atoms with Gasteiger partial charge in [0.1, 0.15) is 0 Å². The van der Waals surface area contributed by atoms with Crippen LogP contribution in [0.1, 0.15) is 0 Å². The van der Waals surface area contributed by atoms with Gasteiger partial charge < -0.3 is 5.73 Å². The van der Waals surface area contributed by atoms with Gasteiger partial charge in [-0.3, -0.25) is 0 Å². The average molecular weight is 128 g/mol. The fraction of sp³-hybridized carbons (Fsp3) is 0. The molecule has 47 valence electrons. The van der Waals surface area contributed by atoms with E-state index in [1.807, 2.05) is 6.07 Å². The third kappa shape index (κ3) is 1.16. The zero-order valence-corrected chi connectivity index (χ0v) is 4.49. The Morgan fingerprint density at radius 2 is 2.00 bits per heavy atom. The summed E-state index contributed by atoms with van der Waals surface area (Å²) in [5, 5.41) is 0. The average Bonchev–Trinajstić information content (AvgIpc) is 1.80. The molecule has 2 N–H and O–H groups in total. The molecule has 0 amide bonds. The lowest BCUT2D eigenvalue weighted by molar-refractivity contribution is 0.508. The number of nitrogen functional groups attached to an aromatic ring is 1. The summed E-state index contributed by atoms with van der Waals surface area (Å²) in [5.74, 6) is -1.96. The van der Waals surface area contributed by atoms with Crippen molar-refractivity contribution in [3.63, 3.8) is 0 Å². The van der Waals surface area contributed by atoms with Gasteiger partial charge in [0.25, 0.3) is 0 Å². The van der Waals surface area contributed by atoms with Crippen LogP contribution in [-0.2, 0) is 0 Å². The Morgan fingerprint density at radius 1 is 1.33 bits per heavy atom. The van der Waals surface area contributed by atoms with Crippen molar-refractivity contribution in [2.24, 2.45) is 0 Å². The molecule has 0 bridgehead atoms. The maximum atomic E-state index is 12.1. The molecule has 0 aliphatic heterocycles. The summed E-state index contributed by atoms with van der Waals surface area (Å²) in [7, 11) is 0. The first-order valence-electron chi connectivity index (χ1n) is 2.33. The van der Waals surface area contributed by atoms with Gasteiger partial charge in [-0.05, 0) is 12.1 Å². The van der Waals surface area contributed by atoms with Crippen molar-refractivity contribution in [1.82, 2.24) is 0 Å². The number of benzene rings is 1. The van der Waals surface area contributed by atoms with E-state index in [9.17, 15) is 8.78 Å². The maximum absolute atomic E-state index is 12.1. The predicted molar refractivity (Wildman–Crippen MR) is 29.6 cm³/mol. The third-order valence-electron chi connectivity index (χ3n) is 0.873. The molecule has 0 aliphatic rings. The molecule has 9 heavy (non-hydrogen) atoms. The first kappa shape index (κ1) is 6.01. The Morgan fingerprint density at radius 3 is 2.44 bits per heavy atom. The molecule has 0 spiro atoms. The summed E-state index contributed by atoms with van der Waals surface area (Å²) in [6.45, 7) is 0. The minimum atomic E-state index is -1.03. The van der Waals surface area contributed by atoms with Crippen molar-refractivity contribution in [3.8, 4) is 0 Å². The van der Waals surface area contributed by atoms with Crippen molar-refractivity contribution in [1.29, 1.82) is 0 Å². The van der Waals surface area contributed by atoms with Gasteiger partial charge in [0.15, 0.2) is 11.6 Å². The lowest BCUT2D eigenvalue weighted by atomic mass is 10.3. The summed E-state index contributed by atoms with van der Waals surface area (Å²) < 4.78 is 24.1. The van der Waals surface area contributed by atoms with E-state index in [1.54, 1.807) is 0 Å². The molecule has 0 saturated heterocycles. The van der Waals surface area contributed by atoms with E-state index in [0.29, 0.717) is 0 Å². The monoisotopic (exact) mass is 128 g/mol. The molecule has 0 fully saturated rings. The number of nitrogens with two attached hydrogens (primary N) is 1. The lowest BCUT2D eigenvalue weighted by Crippen LogP contribution is -1.88. The van der Waals surface area contributed by atoms with E-state index >= 15 is 0 Å². The van der Waals surface area contributed by atoms with Crippen molar-refractivity contribution in [2.45, 2.75) is 0 Å². The highest BCUT2D eigenvalue weighted by molar-refractivity contribution is 5.35. The first-order valence-corrected chi connectivity index (χ1v) is 2.33. The van der Waals surface area contributed by atoms with E-state index in [2.05, 4.69) is 0 Å². The van der Waals surface area contributed by atoms with Gasteiger partial charge in [-0.2, -0.15) is 0 Å². The second-order valence-electron chi connectivity index (χ2n) is 1.58. The molecule has 1 rings (SSSR count). The minimum absolute atomic E-state index is 0.105. The van der Waals surface area contributed by atoms with Crippen LogP contribution in [0.15, 0.2) is 12.1 Å². The molecule has 0 atom stereocenters. The molecule has 0 aromatic heterocycles. The Bertz CT molecular complexity index is 222. The molecular formula is C6H4F2N. The normalized spacial score (nSPS) is 9.56. The summed E-state index contributed by atoms with van der Waals surface area (Å²) in [6, 6.07) is 4.18.